The van der Waals surface area contributed by atoms with E-state index in [1.165, 1.54) is 23.0 Å². The van der Waals surface area contributed by atoms with Crippen LogP contribution in [0.15, 0.2) is 82.2 Å². The molecule has 0 bridgehead atoms. The second-order valence-corrected chi connectivity index (χ2v) is 10.1. The normalized spacial score (nSPS) is 13.4. The number of anilines is 1. The van der Waals surface area contributed by atoms with Gasteiger partial charge in [-0.15, -0.1) is 0 Å². The van der Waals surface area contributed by atoms with Gasteiger partial charge in [0.2, 0.25) is 5.95 Å². The third-order valence-electron chi connectivity index (χ3n) is 7.35. The highest BCUT2D eigenvalue weighted by Gasteiger charge is 2.26. The van der Waals surface area contributed by atoms with Crippen molar-refractivity contribution >= 4 is 28.8 Å². The number of fused-ring (bicyclic) bond motifs is 1. The van der Waals surface area contributed by atoms with Crippen LogP contribution in [0.3, 0.4) is 0 Å². The van der Waals surface area contributed by atoms with Gasteiger partial charge in [-0.25, -0.2) is 13.8 Å². The van der Waals surface area contributed by atoms with Gasteiger partial charge in [0.1, 0.15) is 11.6 Å². The van der Waals surface area contributed by atoms with Gasteiger partial charge in [-0.1, -0.05) is 6.07 Å². The van der Waals surface area contributed by atoms with Crippen LogP contribution in [0.2, 0.25) is 0 Å². The molecule has 43 heavy (non-hydrogen) atoms. The van der Waals surface area contributed by atoms with Crippen molar-refractivity contribution < 1.29 is 22.8 Å². The minimum atomic E-state index is -0.744. The van der Waals surface area contributed by atoms with Crippen molar-refractivity contribution in [2.75, 3.05) is 31.1 Å². The van der Waals surface area contributed by atoms with E-state index in [1.54, 1.807) is 47.4 Å². The molecule has 3 aromatic heterocycles. The highest BCUT2D eigenvalue weighted by Crippen LogP contribution is 2.22. The largest absolute Gasteiger partial charge is 0.459 e. The summed E-state index contributed by atoms with van der Waals surface area (Å²) >= 11 is 0. The molecule has 5 aromatic rings. The zero-order valence-electron chi connectivity index (χ0n) is 23.1. The Morgan fingerprint density at radius 1 is 0.953 bits per heavy atom. The van der Waals surface area contributed by atoms with Crippen molar-refractivity contribution in [1.29, 1.82) is 0 Å². The Morgan fingerprint density at radius 2 is 1.72 bits per heavy atom. The van der Waals surface area contributed by atoms with Crippen LogP contribution in [0.25, 0.3) is 16.7 Å². The molecule has 1 fully saturated rings. The van der Waals surface area contributed by atoms with Gasteiger partial charge < -0.3 is 19.5 Å². The third kappa shape index (κ3) is 5.59. The highest BCUT2D eigenvalue weighted by molar-refractivity contribution is 5.94. The zero-order valence-corrected chi connectivity index (χ0v) is 23.1. The van der Waals surface area contributed by atoms with E-state index >= 15 is 0 Å². The van der Waals surface area contributed by atoms with Crippen LogP contribution in [0.4, 0.5) is 14.7 Å². The van der Waals surface area contributed by atoms with E-state index in [0.29, 0.717) is 65.9 Å². The number of nitrogens with zero attached hydrogens (tertiary/aromatic N) is 5. The van der Waals surface area contributed by atoms with Crippen molar-refractivity contribution in [1.82, 2.24) is 24.8 Å². The van der Waals surface area contributed by atoms with E-state index in [2.05, 4.69) is 10.3 Å². The van der Waals surface area contributed by atoms with Gasteiger partial charge in [0.15, 0.2) is 11.4 Å². The molecule has 0 radical (unpaired) electrons. The summed E-state index contributed by atoms with van der Waals surface area (Å²) in [6.07, 6.45) is 1.47. The van der Waals surface area contributed by atoms with Crippen molar-refractivity contribution in [2.45, 2.75) is 13.5 Å². The van der Waals surface area contributed by atoms with Crippen molar-refractivity contribution in [3.8, 4) is 5.69 Å². The van der Waals surface area contributed by atoms with Gasteiger partial charge in [-0.2, -0.15) is 4.98 Å². The van der Waals surface area contributed by atoms with Crippen molar-refractivity contribution in [3.05, 3.63) is 118 Å². The molecule has 12 heteroatoms. The first-order valence-corrected chi connectivity index (χ1v) is 13.6. The summed E-state index contributed by atoms with van der Waals surface area (Å²) in [7, 11) is 0. The van der Waals surface area contributed by atoms with Crippen molar-refractivity contribution in [3.63, 3.8) is 0 Å². The van der Waals surface area contributed by atoms with Gasteiger partial charge in [0, 0.05) is 61.4 Å². The Bertz CT molecular complexity index is 1880. The SMILES string of the molecule is Cc1nc(N2CCN(C(=O)c3ccco3)CC2)nc2c1ccc(=O)n2-c1ccc(C(=O)NCc2ccc(F)cc2F)cc1. The lowest BCUT2D eigenvalue weighted by Gasteiger charge is -2.34. The molecule has 2 aromatic carbocycles. The minimum absolute atomic E-state index is 0.111. The Kier molecular flexibility index (Phi) is 7.41. The fourth-order valence-corrected chi connectivity index (χ4v) is 5.01. The van der Waals surface area contributed by atoms with Crippen LogP contribution in [-0.4, -0.2) is 57.4 Å². The molecule has 10 nitrogen and oxygen atoms in total. The van der Waals surface area contributed by atoms with Gasteiger partial charge >= 0.3 is 0 Å². The average Bonchev–Trinajstić information content (AvgIpc) is 3.55. The van der Waals surface area contributed by atoms with Crippen LogP contribution < -0.4 is 15.8 Å². The number of rotatable bonds is 6. The molecule has 0 unspecified atom stereocenters. The summed E-state index contributed by atoms with van der Waals surface area (Å²) < 4.78 is 33.8. The number of amides is 2. The number of pyridine rings is 1. The maximum Gasteiger partial charge on any atom is 0.289 e. The molecule has 1 N–H and O–H groups in total. The number of carbonyl (C=O) groups excluding carboxylic acids is 2. The number of hydrogen-bond donors (Lipinski definition) is 1. The number of halogens is 2. The topological polar surface area (TPSA) is 114 Å². The number of benzene rings is 2. The summed E-state index contributed by atoms with van der Waals surface area (Å²) in [6.45, 7) is 3.65. The molecule has 218 valence electrons. The standard InChI is InChI=1S/C31H26F2N6O4/c1-19-24-10-11-27(40)39(23-8-5-20(6-9-23)29(41)34-18-21-4-7-22(32)17-25(21)33)28(24)36-31(35-19)38-14-12-37(13-15-38)30(42)26-3-2-16-43-26/h2-11,16-17H,12-15,18H2,1H3,(H,34,41). The summed E-state index contributed by atoms with van der Waals surface area (Å²) in [4.78, 5) is 51.6. The number of aryl methyl sites for hydroxylation is 1. The van der Waals surface area contributed by atoms with E-state index in [0.717, 1.165) is 12.1 Å². The third-order valence-corrected chi connectivity index (χ3v) is 7.35. The zero-order chi connectivity index (χ0) is 30.1. The maximum absolute atomic E-state index is 13.9. The molecular weight excluding hydrogens is 558 g/mol. The Balaban J connectivity index is 1.22. The summed E-state index contributed by atoms with van der Waals surface area (Å²) in [5, 5.41) is 3.31. The van der Waals surface area contributed by atoms with Gasteiger partial charge in [0.25, 0.3) is 17.4 Å². The molecular formula is C31H26F2N6O4. The molecule has 1 aliphatic rings. The smallest absolute Gasteiger partial charge is 0.289 e. The fourth-order valence-electron chi connectivity index (χ4n) is 5.01. The van der Waals surface area contributed by atoms with E-state index in [4.69, 9.17) is 9.40 Å². The predicted molar refractivity (Wildman–Crippen MR) is 154 cm³/mol. The van der Waals surface area contributed by atoms with Crippen LogP contribution in [0, 0.1) is 18.6 Å². The molecule has 1 aliphatic heterocycles. The molecule has 2 amide bonds. The number of hydrogen-bond acceptors (Lipinski definition) is 7. The molecule has 0 atom stereocenters. The van der Waals surface area contributed by atoms with Gasteiger partial charge in [-0.3, -0.25) is 19.0 Å². The molecule has 1 saturated heterocycles. The molecule has 0 saturated carbocycles. The van der Waals surface area contributed by atoms with E-state index in [9.17, 15) is 23.2 Å². The monoisotopic (exact) mass is 584 g/mol. The summed E-state index contributed by atoms with van der Waals surface area (Å²) in [6, 6.07) is 16.0. The van der Waals surface area contributed by atoms with Crippen LogP contribution >= 0.6 is 0 Å². The Hall–Kier alpha value is -5.39. The van der Waals surface area contributed by atoms with E-state index in [-0.39, 0.29) is 23.6 Å². The summed E-state index contributed by atoms with van der Waals surface area (Å²) in [5.74, 6) is -1.33. The second kappa shape index (κ2) is 11.5. The lowest BCUT2D eigenvalue weighted by molar-refractivity contribution is 0.0714. The number of carbonyl (C=O) groups is 2. The number of furan rings is 1. The molecule has 0 spiro atoms. The molecule has 0 aliphatic carbocycles. The first-order valence-electron chi connectivity index (χ1n) is 13.6. The van der Waals surface area contributed by atoms with Gasteiger partial charge in [0.05, 0.1) is 17.6 Å². The van der Waals surface area contributed by atoms with Crippen LogP contribution in [-0.2, 0) is 6.54 Å². The number of aromatic nitrogens is 3. The van der Waals surface area contributed by atoms with Crippen LogP contribution in [0.1, 0.15) is 32.2 Å². The Labute approximate surface area is 244 Å². The highest BCUT2D eigenvalue weighted by atomic mass is 19.1. The predicted octanol–water partition coefficient (Wildman–Crippen LogP) is 3.85. The van der Waals surface area contributed by atoms with Crippen LogP contribution in [0.5, 0.6) is 0 Å². The molecule has 6 rings (SSSR count). The lowest BCUT2D eigenvalue weighted by Crippen LogP contribution is -2.49. The molecule has 4 heterocycles. The number of piperazine rings is 1. The Morgan fingerprint density at radius 3 is 2.42 bits per heavy atom. The van der Waals surface area contributed by atoms with Crippen molar-refractivity contribution in [2.24, 2.45) is 0 Å². The first-order chi connectivity index (χ1) is 20.8. The van der Waals surface area contributed by atoms with E-state index < -0.39 is 17.5 Å². The number of nitrogens with one attached hydrogen (secondary N) is 1. The first kappa shape index (κ1) is 27.8. The van der Waals surface area contributed by atoms with Gasteiger partial charge in [-0.05, 0) is 55.5 Å². The maximum atomic E-state index is 13.9. The average molecular weight is 585 g/mol. The quantitative estimate of drug-likeness (QED) is 0.323. The fraction of sp³-hybridized carbons (Fsp3) is 0.194. The lowest BCUT2D eigenvalue weighted by atomic mass is 10.1. The second-order valence-electron chi connectivity index (χ2n) is 10.1. The summed E-state index contributed by atoms with van der Waals surface area (Å²) in [5.41, 5.74) is 1.74. The van der Waals surface area contributed by atoms with E-state index in [1.807, 2.05) is 11.8 Å². The minimum Gasteiger partial charge on any atom is -0.459 e.